The Kier molecular flexibility index (Phi) is 3.56. The van der Waals surface area contributed by atoms with Crippen molar-refractivity contribution in [1.29, 1.82) is 0 Å². The van der Waals surface area contributed by atoms with E-state index in [0.29, 0.717) is 23.9 Å². The number of aliphatic carboxylic acids is 1. The van der Waals surface area contributed by atoms with Crippen molar-refractivity contribution in [1.82, 2.24) is 9.97 Å². The van der Waals surface area contributed by atoms with E-state index in [-0.39, 0.29) is 11.9 Å². The molecule has 0 spiro atoms. The highest BCUT2D eigenvalue weighted by molar-refractivity contribution is 6.32. The second-order valence-electron chi connectivity index (χ2n) is 4.36. The van der Waals surface area contributed by atoms with Gasteiger partial charge in [-0.05, 0) is 5.92 Å². The molecule has 98 valence electrons. The largest absolute Gasteiger partial charge is 0.481 e. The Morgan fingerprint density at radius 2 is 2.33 bits per heavy atom. The fourth-order valence-electron chi connectivity index (χ4n) is 2.12. The maximum Gasteiger partial charge on any atom is 0.318 e. The van der Waals surface area contributed by atoms with Crippen LogP contribution in [0.3, 0.4) is 0 Å². The number of ether oxygens (including phenoxy) is 1. The van der Waals surface area contributed by atoms with Gasteiger partial charge in [-0.25, -0.2) is 4.98 Å². The van der Waals surface area contributed by atoms with E-state index < -0.39 is 11.9 Å². The van der Waals surface area contributed by atoms with Crippen molar-refractivity contribution >= 4 is 23.4 Å². The monoisotopic (exact) mass is 271 g/mol. The zero-order chi connectivity index (χ0) is 13.3. The van der Waals surface area contributed by atoms with Crippen LogP contribution in [0.25, 0.3) is 0 Å². The van der Waals surface area contributed by atoms with Crippen molar-refractivity contribution in [3.05, 3.63) is 11.2 Å². The molecule has 1 fully saturated rings. The van der Waals surface area contributed by atoms with E-state index in [9.17, 15) is 4.79 Å². The molecule has 1 saturated heterocycles. The lowest BCUT2D eigenvalue weighted by molar-refractivity contribution is -0.142. The second-order valence-corrected chi connectivity index (χ2v) is 4.76. The Balaban J connectivity index is 2.25. The van der Waals surface area contributed by atoms with Crippen LogP contribution in [0.5, 0.6) is 6.01 Å². The topological polar surface area (TPSA) is 75.5 Å². The SMILES string of the molecule is COc1ncc(Cl)c(N2C[C@@H](C)[C@H](C(=O)O)C2)n1. The Bertz CT molecular complexity index is 469. The minimum Gasteiger partial charge on any atom is -0.481 e. The van der Waals surface area contributed by atoms with E-state index in [1.54, 1.807) is 0 Å². The third-order valence-electron chi connectivity index (χ3n) is 3.12. The lowest BCUT2D eigenvalue weighted by Gasteiger charge is -2.18. The van der Waals surface area contributed by atoms with E-state index in [0.717, 1.165) is 0 Å². The predicted molar refractivity (Wildman–Crippen MR) is 66.1 cm³/mol. The van der Waals surface area contributed by atoms with Crippen LogP contribution in [-0.4, -0.2) is 41.2 Å². The summed E-state index contributed by atoms with van der Waals surface area (Å²) in [6, 6.07) is 0.223. The molecule has 2 heterocycles. The van der Waals surface area contributed by atoms with Gasteiger partial charge in [0.2, 0.25) is 0 Å². The molecule has 1 aliphatic heterocycles. The minimum atomic E-state index is -0.790. The number of halogens is 1. The van der Waals surface area contributed by atoms with Gasteiger partial charge in [0, 0.05) is 13.1 Å². The number of aromatic nitrogens is 2. The highest BCUT2D eigenvalue weighted by Crippen LogP contribution is 2.32. The molecule has 0 amide bonds. The summed E-state index contributed by atoms with van der Waals surface area (Å²) in [7, 11) is 1.47. The lowest BCUT2D eigenvalue weighted by Crippen LogP contribution is -2.24. The molecule has 0 aromatic carbocycles. The van der Waals surface area contributed by atoms with E-state index in [2.05, 4.69) is 9.97 Å². The average Bonchev–Trinajstić information content (AvgIpc) is 2.72. The van der Waals surface area contributed by atoms with Gasteiger partial charge in [-0.3, -0.25) is 4.79 Å². The highest BCUT2D eigenvalue weighted by atomic mass is 35.5. The molecule has 1 aliphatic rings. The Morgan fingerprint density at radius 1 is 1.61 bits per heavy atom. The van der Waals surface area contributed by atoms with Crippen LogP contribution in [0.4, 0.5) is 5.82 Å². The van der Waals surface area contributed by atoms with Crippen LogP contribution >= 0.6 is 11.6 Å². The van der Waals surface area contributed by atoms with Gasteiger partial charge in [0.1, 0.15) is 5.02 Å². The fraction of sp³-hybridized carbons (Fsp3) is 0.545. The number of carboxylic acids is 1. The Labute approximate surface area is 110 Å². The van der Waals surface area contributed by atoms with E-state index in [1.165, 1.54) is 13.3 Å². The molecule has 0 aliphatic carbocycles. The number of rotatable bonds is 3. The number of anilines is 1. The van der Waals surface area contributed by atoms with Crippen molar-refractivity contribution in [3.63, 3.8) is 0 Å². The molecule has 18 heavy (non-hydrogen) atoms. The normalized spacial score (nSPS) is 23.2. The van der Waals surface area contributed by atoms with Gasteiger partial charge >= 0.3 is 12.0 Å². The van der Waals surface area contributed by atoms with Crippen molar-refractivity contribution in [3.8, 4) is 6.01 Å². The summed E-state index contributed by atoms with van der Waals surface area (Å²) in [6.07, 6.45) is 1.46. The molecule has 2 rings (SSSR count). The minimum absolute atomic E-state index is 0.0551. The van der Waals surface area contributed by atoms with Gasteiger partial charge in [-0.1, -0.05) is 18.5 Å². The third kappa shape index (κ3) is 2.33. The summed E-state index contributed by atoms with van der Waals surface area (Å²) in [5.41, 5.74) is 0. The summed E-state index contributed by atoms with van der Waals surface area (Å²) in [4.78, 5) is 21.0. The van der Waals surface area contributed by atoms with Gasteiger partial charge in [0.15, 0.2) is 5.82 Å². The van der Waals surface area contributed by atoms with Gasteiger partial charge in [0.05, 0.1) is 19.2 Å². The molecular formula is C11H14ClN3O3. The first kappa shape index (κ1) is 12.9. The van der Waals surface area contributed by atoms with Crippen LogP contribution in [0, 0.1) is 11.8 Å². The van der Waals surface area contributed by atoms with E-state index in [1.807, 2.05) is 11.8 Å². The summed E-state index contributed by atoms with van der Waals surface area (Å²) in [5.74, 6) is -0.609. The average molecular weight is 272 g/mol. The molecule has 7 heteroatoms. The molecule has 1 N–H and O–H groups in total. The Morgan fingerprint density at radius 3 is 2.89 bits per heavy atom. The van der Waals surface area contributed by atoms with Crippen molar-refractivity contribution in [2.75, 3.05) is 25.1 Å². The maximum absolute atomic E-state index is 11.1. The van der Waals surface area contributed by atoms with Crippen LogP contribution in [0.2, 0.25) is 5.02 Å². The third-order valence-corrected chi connectivity index (χ3v) is 3.38. The molecule has 0 bridgehead atoms. The van der Waals surface area contributed by atoms with Gasteiger partial charge in [-0.15, -0.1) is 0 Å². The fourth-order valence-corrected chi connectivity index (χ4v) is 2.33. The number of carbonyl (C=O) groups is 1. The quantitative estimate of drug-likeness (QED) is 0.893. The Hall–Kier alpha value is -1.56. The highest BCUT2D eigenvalue weighted by Gasteiger charge is 2.36. The van der Waals surface area contributed by atoms with Crippen LogP contribution in [-0.2, 0) is 4.79 Å². The standard InChI is InChI=1S/C11H14ClN3O3/c1-6-4-15(5-7(6)10(16)17)9-8(12)3-13-11(14-9)18-2/h3,6-7H,4-5H2,1-2H3,(H,16,17)/t6-,7-/m1/s1. The lowest BCUT2D eigenvalue weighted by atomic mass is 9.99. The molecule has 0 saturated carbocycles. The molecule has 0 unspecified atom stereocenters. The summed E-state index contributed by atoms with van der Waals surface area (Å²) < 4.78 is 4.95. The van der Waals surface area contributed by atoms with Crippen molar-refractivity contribution in [2.24, 2.45) is 11.8 Å². The summed E-state index contributed by atoms with van der Waals surface area (Å²) in [5, 5.41) is 9.50. The molecule has 0 radical (unpaired) electrons. The first-order chi connectivity index (χ1) is 8.52. The zero-order valence-corrected chi connectivity index (χ0v) is 10.9. The number of nitrogens with zero attached hydrogens (tertiary/aromatic N) is 3. The van der Waals surface area contributed by atoms with Crippen LogP contribution < -0.4 is 9.64 Å². The molecule has 2 atom stereocenters. The first-order valence-electron chi connectivity index (χ1n) is 5.57. The van der Waals surface area contributed by atoms with Crippen molar-refractivity contribution < 1.29 is 14.6 Å². The zero-order valence-electron chi connectivity index (χ0n) is 10.1. The van der Waals surface area contributed by atoms with E-state index >= 15 is 0 Å². The van der Waals surface area contributed by atoms with Gasteiger partial charge in [0.25, 0.3) is 0 Å². The number of hydrogen-bond donors (Lipinski definition) is 1. The van der Waals surface area contributed by atoms with Gasteiger partial charge < -0.3 is 14.7 Å². The maximum atomic E-state index is 11.1. The second kappa shape index (κ2) is 4.97. The van der Waals surface area contributed by atoms with E-state index in [4.69, 9.17) is 21.4 Å². The molecule has 1 aromatic rings. The van der Waals surface area contributed by atoms with Crippen molar-refractivity contribution in [2.45, 2.75) is 6.92 Å². The summed E-state index contributed by atoms with van der Waals surface area (Å²) in [6.45, 7) is 2.92. The predicted octanol–water partition coefficient (Wildman–Crippen LogP) is 1.30. The molecular weight excluding hydrogens is 258 g/mol. The smallest absolute Gasteiger partial charge is 0.318 e. The number of hydrogen-bond acceptors (Lipinski definition) is 5. The van der Waals surface area contributed by atoms with Gasteiger partial charge in [-0.2, -0.15) is 4.98 Å². The number of carboxylic acid groups (broad SMARTS) is 1. The van der Waals surface area contributed by atoms with Crippen LogP contribution in [0.15, 0.2) is 6.20 Å². The first-order valence-corrected chi connectivity index (χ1v) is 5.95. The van der Waals surface area contributed by atoms with Crippen LogP contribution in [0.1, 0.15) is 6.92 Å². The molecule has 1 aromatic heterocycles. The summed E-state index contributed by atoms with van der Waals surface area (Å²) >= 11 is 6.04. The molecule has 6 nitrogen and oxygen atoms in total. The number of methoxy groups -OCH3 is 1.